The fourth-order valence-corrected chi connectivity index (χ4v) is 7.51. The maximum Gasteiger partial charge on any atom is 0.323 e. The number of hydrogen-bond donors (Lipinski definition) is 2. The predicted octanol–water partition coefficient (Wildman–Crippen LogP) is 4.20. The van der Waals surface area contributed by atoms with Crippen LogP contribution in [0.1, 0.15) is 32.8 Å². The predicted molar refractivity (Wildman–Crippen MR) is 176 cm³/mol. The Morgan fingerprint density at radius 2 is 1.98 bits per heavy atom. The van der Waals surface area contributed by atoms with E-state index in [1.807, 2.05) is 30.3 Å². The summed E-state index contributed by atoms with van der Waals surface area (Å²) < 4.78 is 41.6. The molecule has 0 radical (unpaired) electrons. The number of fused-ring (bicyclic) bond motifs is 2. The molecule has 0 aliphatic carbocycles. The Labute approximate surface area is 271 Å². The Morgan fingerprint density at radius 3 is 2.67 bits per heavy atom. The number of carbonyl (C=O) groups is 1. The third kappa shape index (κ3) is 6.57. The highest BCUT2D eigenvalue weighted by Crippen LogP contribution is 2.49. The summed E-state index contributed by atoms with van der Waals surface area (Å²) in [6.45, 7) is 2.69. The number of rotatable bonds is 11. The molecule has 1 saturated heterocycles. The Bertz CT molecular complexity index is 1840. The molecule has 1 aliphatic heterocycles. The van der Waals surface area contributed by atoms with Gasteiger partial charge in [0.15, 0.2) is 23.2 Å². The molecule has 2 aromatic heterocycles. The lowest BCUT2D eigenvalue weighted by atomic mass is 9.97. The zero-order valence-corrected chi connectivity index (χ0v) is 28.0. The summed E-state index contributed by atoms with van der Waals surface area (Å²) in [7, 11) is 3.60. The molecule has 0 amide bonds. The van der Waals surface area contributed by atoms with Gasteiger partial charge in [0.25, 0.3) is 0 Å². The van der Waals surface area contributed by atoms with E-state index in [0.29, 0.717) is 22.9 Å². The second-order valence-electron chi connectivity index (χ2n) is 11.4. The maximum atomic E-state index is 16.5. The second-order valence-corrected chi connectivity index (χ2v) is 14.5. The van der Waals surface area contributed by atoms with Crippen molar-refractivity contribution in [2.75, 3.05) is 25.6 Å². The molecular formula is C31H36FN6O6PS. The van der Waals surface area contributed by atoms with Crippen molar-refractivity contribution >= 4 is 52.2 Å². The van der Waals surface area contributed by atoms with Crippen LogP contribution >= 0.6 is 6.64 Å². The van der Waals surface area contributed by atoms with E-state index in [1.165, 1.54) is 10.9 Å². The number of aliphatic hydroxyl groups is 1. The number of benzene rings is 2. The van der Waals surface area contributed by atoms with Gasteiger partial charge in [-0.1, -0.05) is 42.3 Å². The van der Waals surface area contributed by atoms with E-state index in [-0.39, 0.29) is 11.8 Å². The van der Waals surface area contributed by atoms with Gasteiger partial charge < -0.3 is 28.5 Å². The summed E-state index contributed by atoms with van der Waals surface area (Å²) in [4.78, 5) is 27.7. The number of imidazole rings is 1. The van der Waals surface area contributed by atoms with Crippen molar-refractivity contribution in [1.29, 1.82) is 0 Å². The molecule has 46 heavy (non-hydrogen) atoms. The molecule has 0 unspecified atom stereocenters. The molecule has 5 rings (SSSR count). The zero-order valence-electron chi connectivity index (χ0n) is 26.2. The van der Waals surface area contributed by atoms with Gasteiger partial charge >= 0.3 is 12.6 Å². The van der Waals surface area contributed by atoms with E-state index in [4.69, 9.17) is 36.8 Å². The van der Waals surface area contributed by atoms with Crippen LogP contribution in [0.2, 0.25) is 0 Å². The average molecular weight is 671 g/mol. The van der Waals surface area contributed by atoms with Gasteiger partial charge in [0.2, 0.25) is 5.67 Å². The monoisotopic (exact) mass is 670 g/mol. The van der Waals surface area contributed by atoms with Crippen LogP contribution in [0.4, 0.5) is 10.2 Å². The van der Waals surface area contributed by atoms with Crippen LogP contribution in [-0.2, 0) is 30.6 Å². The highest BCUT2D eigenvalue weighted by atomic mass is 32.5. The highest BCUT2D eigenvalue weighted by Gasteiger charge is 2.58. The lowest BCUT2D eigenvalue weighted by Crippen LogP contribution is -2.42. The number of halogens is 1. The number of terminal acetylenes is 1. The second kappa shape index (κ2) is 13.2. The van der Waals surface area contributed by atoms with Crippen molar-refractivity contribution in [2.24, 2.45) is 0 Å². The number of nitrogens with one attached hydrogen (secondary N) is 1. The minimum absolute atomic E-state index is 0.274. The molecule has 244 valence electrons. The van der Waals surface area contributed by atoms with Crippen LogP contribution in [0.5, 0.6) is 5.75 Å². The van der Waals surface area contributed by atoms with Crippen LogP contribution < -0.4 is 14.5 Å². The summed E-state index contributed by atoms with van der Waals surface area (Å²) >= 11 is 5.88. The number of carbonyl (C=O) groups excluding carboxylic acids is 1. The first-order chi connectivity index (χ1) is 21.8. The van der Waals surface area contributed by atoms with E-state index < -0.39 is 49.4 Å². The molecule has 6 atom stereocenters. The van der Waals surface area contributed by atoms with Crippen molar-refractivity contribution in [3.8, 4) is 18.1 Å². The molecule has 2 aromatic carbocycles. The molecule has 2 N–H and O–H groups in total. The Hall–Kier alpha value is -3.70. The summed E-state index contributed by atoms with van der Waals surface area (Å²) in [5.74, 6) is 2.85. The standard InChI is InChI=1S/C31H36FN6O6PS/c1-8-31(32)26(39)24(43-30(31)38-17-33-25-27(37(6)7)34-20(5)35-28(25)38)16-41-45(46,36-19(4)29(40)42-18(2)3)44-23-15-11-13-21-12-9-10-14-22(21)23/h1,9-15,17-19,24,26,30,39H,16H2,2-7H3,(H,36,46)/t19-,24-,26-,30-,31-,45-/m1/s1. The largest absolute Gasteiger partial charge is 0.462 e. The molecule has 0 bridgehead atoms. The maximum absolute atomic E-state index is 16.5. The first-order valence-corrected chi connectivity index (χ1v) is 17.2. The number of aliphatic hydroxyl groups excluding tert-OH is 1. The van der Waals surface area contributed by atoms with E-state index in [0.717, 1.165) is 10.8 Å². The number of aromatic nitrogens is 4. The van der Waals surface area contributed by atoms with Crippen LogP contribution in [0, 0.1) is 19.3 Å². The van der Waals surface area contributed by atoms with Crippen molar-refractivity contribution in [1.82, 2.24) is 24.6 Å². The van der Waals surface area contributed by atoms with Gasteiger partial charge in [-0.25, -0.2) is 24.4 Å². The van der Waals surface area contributed by atoms with Gasteiger partial charge in [-0.2, -0.15) is 0 Å². The van der Waals surface area contributed by atoms with E-state index in [9.17, 15) is 9.90 Å². The van der Waals surface area contributed by atoms with E-state index >= 15 is 4.39 Å². The molecule has 0 spiro atoms. The lowest BCUT2D eigenvalue weighted by Gasteiger charge is -2.28. The molecule has 15 heteroatoms. The number of hydrogen-bond acceptors (Lipinski definition) is 11. The Kier molecular flexibility index (Phi) is 9.65. The van der Waals surface area contributed by atoms with Crippen LogP contribution in [-0.4, -0.2) is 81.3 Å². The quantitative estimate of drug-likeness (QED) is 0.135. The summed E-state index contributed by atoms with van der Waals surface area (Å²) in [6, 6.07) is 12.0. The normalized spacial score (nSPS) is 23.3. The number of alkyl halides is 1. The SMILES string of the molecule is C#C[C@@]1(F)[C@H](O)[C@@H](CO[P@](=S)(N[C@H](C)C(=O)OC(C)C)Oc2cccc3ccccc23)O[C@H]1n1cnc2c(N(C)C)nc(C)nc21. The van der Waals surface area contributed by atoms with Gasteiger partial charge in [0.05, 0.1) is 19.0 Å². The lowest BCUT2D eigenvalue weighted by molar-refractivity contribution is -0.149. The topological polar surface area (TPSA) is 133 Å². The fourth-order valence-electron chi connectivity index (χ4n) is 5.09. The minimum Gasteiger partial charge on any atom is -0.462 e. The van der Waals surface area contributed by atoms with Crippen molar-refractivity contribution < 1.29 is 32.8 Å². The fraction of sp³-hybridized carbons (Fsp3) is 0.419. The van der Waals surface area contributed by atoms with Gasteiger partial charge in [0, 0.05) is 19.5 Å². The molecule has 1 aliphatic rings. The molecule has 4 aromatic rings. The molecule has 12 nitrogen and oxygen atoms in total. The summed E-state index contributed by atoms with van der Waals surface area (Å²) in [6.07, 6.45) is 2.00. The molecular weight excluding hydrogens is 634 g/mol. The van der Waals surface area contributed by atoms with Crippen LogP contribution in [0.15, 0.2) is 48.8 Å². The summed E-state index contributed by atoms with van der Waals surface area (Å²) in [5, 5.41) is 15.8. The molecule has 3 heterocycles. The van der Waals surface area contributed by atoms with E-state index in [2.05, 4.69) is 26.0 Å². The summed E-state index contributed by atoms with van der Waals surface area (Å²) in [5.41, 5.74) is -2.02. The average Bonchev–Trinajstić information content (AvgIpc) is 3.53. The Balaban J connectivity index is 1.45. The number of esters is 1. The number of ether oxygens (including phenoxy) is 2. The number of anilines is 1. The first kappa shape index (κ1) is 33.7. The van der Waals surface area contributed by atoms with Gasteiger partial charge in [0.1, 0.15) is 29.8 Å². The number of aryl methyl sites for hydroxylation is 1. The minimum atomic E-state index is -3.60. The van der Waals surface area contributed by atoms with Crippen LogP contribution in [0.3, 0.4) is 0 Å². The third-order valence-electron chi connectivity index (χ3n) is 7.29. The first-order valence-electron chi connectivity index (χ1n) is 14.5. The molecule has 0 saturated carbocycles. The van der Waals surface area contributed by atoms with Crippen molar-refractivity contribution in [3.63, 3.8) is 0 Å². The van der Waals surface area contributed by atoms with Crippen molar-refractivity contribution in [2.45, 2.75) is 63.9 Å². The van der Waals surface area contributed by atoms with Gasteiger partial charge in [-0.05, 0) is 51.0 Å². The third-order valence-corrected chi connectivity index (χ3v) is 9.78. The smallest absolute Gasteiger partial charge is 0.323 e. The Morgan fingerprint density at radius 1 is 1.26 bits per heavy atom. The zero-order chi connectivity index (χ0) is 33.4. The highest BCUT2D eigenvalue weighted by molar-refractivity contribution is 8.09. The molecule has 1 fully saturated rings. The number of nitrogens with zero attached hydrogens (tertiary/aromatic N) is 5. The van der Waals surface area contributed by atoms with Crippen LogP contribution in [0.25, 0.3) is 21.9 Å². The van der Waals surface area contributed by atoms with Gasteiger partial charge in [-0.3, -0.25) is 9.36 Å². The van der Waals surface area contributed by atoms with Crippen molar-refractivity contribution in [3.05, 3.63) is 54.6 Å². The van der Waals surface area contributed by atoms with Gasteiger partial charge in [-0.15, -0.1) is 6.42 Å². The van der Waals surface area contributed by atoms with E-state index in [1.54, 1.807) is 58.8 Å².